The van der Waals surface area contributed by atoms with Gasteiger partial charge >= 0.3 is 5.97 Å². The Kier molecular flexibility index (Phi) is 3.38. The molecule has 1 saturated carbocycles. The van der Waals surface area contributed by atoms with Gasteiger partial charge in [-0.25, -0.2) is 4.79 Å². The number of carbonyl (C=O) groups excluding carboxylic acids is 1. The van der Waals surface area contributed by atoms with Crippen LogP contribution in [0.25, 0.3) is 0 Å². The number of nitrogens with zero attached hydrogens (tertiary/aromatic N) is 1. The first kappa shape index (κ1) is 13.7. The van der Waals surface area contributed by atoms with E-state index >= 15 is 0 Å². The minimum Gasteiger partial charge on any atom is -0.479 e. The number of carbonyl (C=O) groups is 2. The summed E-state index contributed by atoms with van der Waals surface area (Å²) in [6, 6.07) is 0.136. The number of amides is 1. The second-order valence-electron chi connectivity index (χ2n) is 5.97. The molecule has 1 saturated heterocycles. The number of carboxylic acid groups (broad SMARTS) is 1. The van der Waals surface area contributed by atoms with Crippen molar-refractivity contribution in [3.63, 3.8) is 0 Å². The van der Waals surface area contributed by atoms with E-state index in [1.54, 1.807) is 16.7 Å². The summed E-state index contributed by atoms with van der Waals surface area (Å²) in [7, 11) is 0. The summed E-state index contributed by atoms with van der Waals surface area (Å²) in [5.74, 6) is 0.529. The molecule has 2 fully saturated rings. The molecule has 0 aromatic rings. The van der Waals surface area contributed by atoms with Gasteiger partial charge in [-0.2, -0.15) is 11.8 Å². The van der Waals surface area contributed by atoms with Crippen molar-refractivity contribution in [1.29, 1.82) is 0 Å². The van der Waals surface area contributed by atoms with Gasteiger partial charge in [0.1, 0.15) is 0 Å². The summed E-state index contributed by atoms with van der Waals surface area (Å²) in [6.45, 7) is 5.47. The van der Waals surface area contributed by atoms with Gasteiger partial charge in [0.2, 0.25) is 5.91 Å². The minimum atomic E-state index is -1.04. The van der Waals surface area contributed by atoms with Gasteiger partial charge in [-0.1, -0.05) is 13.8 Å². The van der Waals surface area contributed by atoms with Crippen LogP contribution in [0.4, 0.5) is 0 Å². The highest BCUT2D eigenvalue weighted by Gasteiger charge is 2.60. The molecule has 4 nitrogen and oxygen atoms in total. The Balaban J connectivity index is 2.47. The van der Waals surface area contributed by atoms with E-state index < -0.39 is 11.5 Å². The standard InChI is InChI=1S/C13H21NO3S/c1-9(15)14(10-4-5-10)13(11(16)17)8-18-7-6-12(13,2)3/h10H,4-8H2,1-3H3,(H,16,17). The molecule has 102 valence electrons. The average molecular weight is 271 g/mol. The van der Waals surface area contributed by atoms with E-state index in [0.717, 1.165) is 25.0 Å². The van der Waals surface area contributed by atoms with Gasteiger partial charge in [0.05, 0.1) is 0 Å². The van der Waals surface area contributed by atoms with Crippen molar-refractivity contribution in [2.75, 3.05) is 11.5 Å². The van der Waals surface area contributed by atoms with Crippen molar-refractivity contribution in [1.82, 2.24) is 4.90 Å². The predicted octanol–water partition coefficient (Wildman–Crippen LogP) is 1.98. The highest BCUT2D eigenvalue weighted by atomic mass is 32.2. The highest BCUT2D eigenvalue weighted by Crippen LogP contribution is 2.49. The molecule has 0 aromatic carbocycles. The van der Waals surface area contributed by atoms with Crippen LogP contribution in [0.1, 0.15) is 40.0 Å². The quantitative estimate of drug-likeness (QED) is 0.853. The van der Waals surface area contributed by atoms with Crippen molar-refractivity contribution in [3.05, 3.63) is 0 Å². The lowest BCUT2D eigenvalue weighted by Gasteiger charge is -2.52. The van der Waals surface area contributed by atoms with Crippen molar-refractivity contribution in [3.8, 4) is 0 Å². The summed E-state index contributed by atoms with van der Waals surface area (Å²) in [5.41, 5.74) is -1.42. The van der Waals surface area contributed by atoms with Crippen molar-refractivity contribution >= 4 is 23.6 Å². The van der Waals surface area contributed by atoms with E-state index in [1.807, 2.05) is 13.8 Å². The van der Waals surface area contributed by atoms with E-state index in [4.69, 9.17) is 0 Å². The van der Waals surface area contributed by atoms with Crippen molar-refractivity contribution < 1.29 is 14.7 Å². The van der Waals surface area contributed by atoms with E-state index in [-0.39, 0.29) is 17.4 Å². The zero-order chi connectivity index (χ0) is 13.6. The SMILES string of the molecule is CC(=O)N(C1CC1)C1(C(=O)O)CSCCC1(C)C. The second kappa shape index (κ2) is 4.44. The summed E-state index contributed by atoms with van der Waals surface area (Å²) >= 11 is 1.65. The Hall–Kier alpha value is -0.710. The molecule has 1 amide bonds. The molecule has 18 heavy (non-hydrogen) atoms. The molecular weight excluding hydrogens is 250 g/mol. The van der Waals surface area contributed by atoms with Crippen LogP contribution >= 0.6 is 11.8 Å². The van der Waals surface area contributed by atoms with Crippen LogP contribution in [0, 0.1) is 5.41 Å². The maximum Gasteiger partial charge on any atom is 0.331 e. The molecule has 0 spiro atoms. The molecule has 1 N–H and O–H groups in total. The smallest absolute Gasteiger partial charge is 0.331 e. The topological polar surface area (TPSA) is 57.6 Å². The van der Waals surface area contributed by atoms with Crippen molar-refractivity contribution in [2.24, 2.45) is 5.41 Å². The molecule has 2 aliphatic rings. The first-order valence-electron chi connectivity index (χ1n) is 6.44. The van der Waals surface area contributed by atoms with Crippen LogP contribution in [0.3, 0.4) is 0 Å². The first-order valence-corrected chi connectivity index (χ1v) is 7.59. The van der Waals surface area contributed by atoms with Gasteiger partial charge in [0, 0.05) is 24.1 Å². The Morgan fingerprint density at radius 1 is 1.33 bits per heavy atom. The predicted molar refractivity (Wildman–Crippen MR) is 71.6 cm³/mol. The molecule has 5 heteroatoms. The maximum atomic E-state index is 12.0. The number of aliphatic carboxylic acids is 1. The summed E-state index contributed by atoms with van der Waals surface area (Å²) in [5, 5.41) is 9.81. The second-order valence-corrected chi connectivity index (χ2v) is 7.08. The Morgan fingerprint density at radius 3 is 2.33 bits per heavy atom. The fourth-order valence-electron chi connectivity index (χ4n) is 2.97. The first-order chi connectivity index (χ1) is 8.33. The largest absolute Gasteiger partial charge is 0.479 e. The maximum absolute atomic E-state index is 12.0. The third kappa shape index (κ3) is 1.92. The summed E-state index contributed by atoms with van der Waals surface area (Å²) in [6.07, 6.45) is 2.71. The number of carboxylic acids is 1. The van der Waals surface area contributed by atoms with Crippen LogP contribution in [0.5, 0.6) is 0 Å². The van der Waals surface area contributed by atoms with Crippen LogP contribution in [0.2, 0.25) is 0 Å². The monoisotopic (exact) mass is 271 g/mol. The van der Waals surface area contributed by atoms with Gasteiger partial charge < -0.3 is 10.0 Å². The number of hydrogen-bond donors (Lipinski definition) is 1. The molecular formula is C13H21NO3S. The zero-order valence-electron chi connectivity index (χ0n) is 11.2. The average Bonchev–Trinajstić information content (AvgIpc) is 3.04. The highest BCUT2D eigenvalue weighted by molar-refractivity contribution is 7.99. The molecule has 1 unspecified atom stereocenters. The van der Waals surface area contributed by atoms with Gasteiger partial charge in [0.25, 0.3) is 0 Å². The van der Waals surface area contributed by atoms with Crippen molar-refractivity contribution in [2.45, 2.75) is 51.6 Å². The zero-order valence-corrected chi connectivity index (χ0v) is 12.0. The normalized spacial score (nSPS) is 30.8. The molecule has 1 aliphatic carbocycles. The lowest BCUT2D eigenvalue weighted by atomic mass is 9.69. The number of rotatable bonds is 3. The molecule has 0 radical (unpaired) electrons. The molecule has 2 rings (SSSR count). The third-order valence-corrected chi connectivity index (χ3v) is 5.43. The van der Waals surface area contributed by atoms with E-state index in [0.29, 0.717) is 5.75 Å². The van der Waals surface area contributed by atoms with Gasteiger partial charge in [-0.3, -0.25) is 4.79 Å². The number of thioether (sulfide) groups is 1. The number of hydrogen-bond acceptors (Lipinski definition) is 3. The molecule has 1 heterocycles. The van der Waals surface area contributed by atoms with E-state index in [9.17, 15) is 14.7 Å². The third-order valence-electron chi connectivity index (χ3n) is 4.32. The summed E-state index contributed by atoms with van der Waals surface area (Å²) in [4.78, 5) is 25.6. The van der Waals surface area contributed by atoms with Crippen LogP contribution in [0.15, 0.2) is 0 Å². The van der Waals surface area contributed by atoms with E-state index in [2.05, 4.69) is 0 Å². The lowest BCUT2D eigenvalue weighted by Crippen LogP contribution is -2.68. The fraction of sp³-hybridized carbons (Fsp3) is 0.846. The molecule has 1 atom stereocenters. The van der Waals surface area contributed by atoms with Crippen LogP contribution in [-0.4, -0.2) is 45.0 Å². The Bertz CT molecular complexity index is 378. The summed E-state index contributed by atoms with van der Waals surface area (Å²) < 4.78 is 0. The van der Waals surface area contributed by atoms with Gasteiger partial charge in [-0.05, 0) is 25.0 Å². The molecule has 1 aliphatic heterocycles. The van der Waals surface area contributed by atoms with Crippen LogP contribution in [-0.2, 0) is 9.59 Å². The van der Waals surface area contributed by atoms with Gasteiger partial charge in [0.15, 0.2) is 5.54 Å². The van der Waals surface area contributed by atoms with E-state index in [1.165, 1.54) is 6.92 Å². The lowest BCUT2D eigenvalue weighted by molar-refractivity contribution is -0.167. The molecule has 0 bridgehead atoms. The fourth-order valence-corrected chi connectivity index (χ4v) is 4.72. The van der Waals surface area contributed by atoms with Crippen LogP contribution < -0.4 is 0 Å². The Labute approximate surface area is 112 Å². The minimum absolute atomic E-state index is 0.101. The molecule has 0 aromatic heterocycles. The Morgan fingerprint density at radius 2 is 1.94 bits per heavy atom. The van der Waals surface area contributed by atoms with Gasteiger partial charge in [-0.15, -0.1) is 0 Å².